The second kappa shape index (κ2) is 3.76. The summed E-state index contributed by atoms with van der Waals surface area (Å²) < 4.78 is 14.4. The van der Waals surface area contributed by atoms with Crippen LogP contribution in [0.3, 0.4) is 0 Å². The van der Waals surface area contributed by atoms with Crippen molar-refractivity contribution in [1.29, 1.82) is 0 Å². The molecule has 0 fully saturated rings. The highest BCUT2D eigenvalue weighted by molar-refractivity contribution is 9.11. The van der Waals surface area contributed by atoms with E-state index in [1.54, 1.807) is 0 Å². The van der Waals surface area contributed by atoms with E-state index in [2.05, 4.69) is 36.8 Å². The molecule has 0 N–H and O–H groups in total. The Morgan fingerprint density at radius 1 is 1.29 bits per heavy atom. The van der Waals surface area contributed by atoms with Gasteiger partial charge in [-0.05, 0) is 44.0 Å². The highest BCUT2D eigenvalue weighted by Gasteiger charge is 2.08. The quantitative estimate of drug-likeness (QED) is 0.686. The van der Waals surface area contributed by atoms with E-state index in [4.69, 9.17) is 11.6 Å². The lowest BCUT2D eigenvalue weighted by Crippen LogP contribution is -1.85. The van der Waals surface area contributed by atoms with Crippen LogP contribution in [-0.4, -0.2) is 4.98 Å². The van der Waals surface area contributed by atoms with Gasteiger partial charge in [0.1, 0.15) is 5.82 Å². The van der Waals surface area contributed by atoms with Gasteiger partial charge < -0.3 is 0 Å². The van der Waals surface area contributed by atoms with Gasteiger partial charge in [0.2, 0.25) is 0 Å². The van der Waals surface area contributed by atoms with Crippen LogP contribution < -0.4 is 0 Å². The molecule has 2 rings (SSSR count). The molecule has 0 spiro atoms. The minimum Gasteiger partial charge on any atom is -0.253 e. The number of halogens is 4. The van der Waals surface area contributed by atoms with Crippen LogP contribution in [0.4, 0.5) is 4.39 Å². The number of pyridine rings is 1. The lowest BCUT2D eigenvalue weighted by molar-refractivity contribution is 0.629. The average Bonchev–Trinajstić information content (AvgIpc) is 2.12. The maximum Gasteiger partial charge on any atom is 0.125 e. The Morgan fingerprint density at radius 3 is 2.71 bits per heavy atom. The molecule has 1 aromatic heterocycles. The fourth-order valence-electron chi connectivity index (χ4n) is 1.17. The Morgan fingerprint density at radius 2 is 2.00 bits per heavy atom. The zero-order valence-corrected chi connectivity index (χ0v) is 10.6. The van der Waals surface area contributed by atoms with Gasteiger partial charge in [-0.25, -0.2) is 4.39 Å². The Balaban J connectivity index is 2.95. The summed E-state index contributed by atoms with van der Waals surface area (Å²) in [6.45, 7) is 0. The van der Waals surface area contributed by atoms with Gasteiger partial charge >= 0.3 is 0 Å². The van der Waals surface area contributed by atoms with Gasteiger partial charge in [0.05, 0.1) is 10.5 Å². The molecule has 72 valence electrons. The molecule has 1 aromatic carbocycles. The zero-order chi connectivity index (χ0) is 10.3. The first kappa shape index (κ1) is 10.3. The number of nitrogens with zero attached hydrogens (tertiary/aromatic N) is 1. The molecule has 5 heteroatoms. The lowest BCUT2D eigenvalue weighted by atomic mass is 10.2. The molecule has 14 heavy (non-hydrogen) atoms. The summed E-state index contributed by atoms with van der Waals surface area (Å²) in [4.78, 5) is 4.11. The summed E-state index contributed by atoms with van der Waals surface area (Å²) in [7, 11) is 0. The van der Waals surface area contributed by atoms with Crippen LogP contribution >= 0.6 is 43.5 Å². The summed E-state index contributed by atoms with van der Waals surface area (Å²) in [5.74, 6) is -0.325. The molecule has 0 aliphatic heterocycles. The molecule has 0 atom stereocenters. The second-order valence-corrected chi connectivity index (χ2v) is 4.76. The summed E-state index contributed by atoms with van der Waals surface area (Å²) >= 11 is 12.4. The Labute approximate surface area is 102 Å². The van der Waals surface area contributed by atoms with Crippen molar-refractivity contribution in [2.45, 2.75) is 0 Å². The number of hydrogen-bond acceptors (Lipinski definition) is 1. The van der Waals surface area contributed by atoms with Gasteiger partial charge in [-0.2, -0.15) is 0 Å². The molecule has 0 unspecified atom stereocenters. The molecule has 1 nitrogen and oxygen atoms in total. The van der Waals surface area contributed by atoms with Crippen molar-refractivity contribution < 1.29 is 4.39 Å². The Kier molecular flexibility index (Phi) is 2.77. The number of fused-ring (bicyclic) bond motifs is 1. The largest absolute Gasteiger partial charge is 0.253 e. The van der Waals surface area contributed by atoms with Crippen molar-refractivity contribution >= 4 is 54.4 Å². The molecule has 0 aliphatic carbocycles. The van der Waals surface area contributed by atoms with E-state index in [1.165, 1.54) is 18.3 Å². The first-order valence-electron chi connectivity index (χ1n) is 3.68. The third-order valence-electron chi connectivity index (χ3n) is 1.78. The molecule has 0 radical (unpaired) electrons. The van der Waals surface area contributed by atoms with E-state index >= 15 is 0 Å². The first-order chi connectivity index (χ1) is 6.59. The van der Waals surface area contributed by atoms with Crippen molar-refractivity contribution in [3.63, 3.8) is 0 Å². The zero-order valence-electron chi connectivity index (χ0n) is 6.69. The third kappa shape index (κ3) is 1.66. The third-order valence-corrected chi connectivity index (χ3v) is 3.75. The van der Waals surface area contributed by atoms with Crippen molar-refractivity contribution in [1.82, 2.24) is 4.98 Å². The standard InChI is InChI=1S/C9H3Br2ClFN/c10-6-2-4(13)1-5-8(11)7(12)3-14-9(5)6/h1-3H. The number of benzene rings is 1. The van der Waals surface area contributed by atoms with Crippen LogP contribution in [-0.2, 0) is 0 Å². The van der Waals surface area contributed by atoms with Gasteiger partial charge in [0, 0.05) is 20.5 Å². The number of rotatable bonds is 0. The summed E-state index contributed by atoms with van der Waals surface area (Å²) in [5, 5.41) is 1.12. The van der Waals surface area contributed by atoms with Crippen molar-refractivity contribution in [2.24, 2.45) is 0 Å². The highest BCUT2D eigenvalue weighted by Crippen LogP contribution is 2.33. The summed E-state index contributed by atoms with van der Waals surface area (Å²) in [5.41, 5.74) is 0.683. The van der Waals surface area contributed by atoms with E-state index in [0.29, 0.717) is 24.9 Å². The molecule has 0 saturated heterocycles. The maximum absolute atomic E-state index is 13.1. The molecule has 2 aromatic rings. The topological polar surface area (TPSA) is 12.9 Å². The van der Waals surface area contributed by atoms with Crippen LogP contribution in [0.25, 0.3) is 10.9 Å². The fourth-order valence-corrected chi connectivity index (χ4v) is 2.26. The lowest BCUT2D eigenvalue weighted by Gasteiger charge is -2.03. The van der Waals surface area contributed by atoms with Gasteiger partial charge in [-0.1, -0.05) is 11.6 Å². The van der Waals surface area contributed by atoms with Crippen LogP contribution in [0, 0.1) is 5.82 Å². The highest BCUT2D eigenvalue weighted by atomic mass is 79.9. The molecule has 0 amide bonds. The number of hydrogen-bond donors (Lipinski definition) is 0. The molecule has 0 saturated carbocycles. The molecule has 0 aliphatic rings. The van der Waals surface area contributed by atoms with Gasteiger partial charge in [0.15, 0.2) is 0 Å². The van der Waals surface area contributed by atoms with Crippen LogP contribution in [0.5, 0.6) is 0 Å². The van der Waals surface area contributed by atoms with E-state index in [0.717, 1.165) is 0 Å². The van der Waals surface area contributed by atoms with E-state index in [1.807, 2.05) is 0 Å². The normalized spacial score (nSPS) is 10.9. The monoisotopic (exact) mass is 337 g/mol. The van der Waals surface area contributed by atoms with Crippen molar-refractivity contribution in [3.8, 4) is 0 Å². The maximum atomic E-state index is 13.1. The molecule has 1 heterocycles. The van der Waals surface area contributed by atoms with Crippen molar-refractivity contribution in [3.05, 3.63) is 38.1 Å². The number of aromatic nitrogens is 1. The molecule has 0 bridgehead atoms. The van der Waals surface area contributed by atoms with Crippen molar-refractivity contribution in [2.75, 3.05) is 0 Å². The predicted octanol–water partition coefficient (Wildman–Crippen LogP) is 4.55. The predicted molar refractivity (Wildman–Crippen MR) is 62.1 cm³/mol. The van der Waals surface area contributed by atoms with E-state index in [9.17, 15) is 4.39 Å². The molecular weight excluding hydrogens is 336 g/mol. The minimum atomic E-state index is -0.325. The van der Waals surface area contributed by atoms with Gasteiger partial charge in [0.25, 0.3) is 0 Å². The van der Waals surface area contributed by atoms with Crippen LogP contribution in [0.1, 0.15) is 0 Å². The Bertz CT molecular complexity index is 516. The average molecular weight is 339 g/mol. The fraction of sp³-hybridized carbons (Fsp3) is 0. The van der Waals surface area contributed by atoms with Gasteiger partial charge in [-0.15, -0.1) is 0 Å². The molecular formula is C9H3Br2ClFN. The van der Waals surface area contributed by atoms with Gasteiger partial charge in [-0.3, -0.25) is 4.98 Å². The summed E-state index contributed by atoms with van der Waals surface area (Å²) in [6, 6.07) is 2.76. The minimum absolute atomic E-state index is 0.325. The van der Waals surface area contributed by atoms with Crippen LogP contribution in [0.2, 0.25) is 5.02 Å². The second-order valence-electron chi connectivity index (χ2n) is 2.70. The Hall–Kier alpha value is -0.190. The van der Waals surface area contributed by atoms with Crippen LogP contribution in [0.15, 0.2) is 27.3 Å². The van der Waals surface area contributed by atoms with E-state index < -0.39 is 0 Å². The summed E-state index contributed by atoms with van der Waals surface area (Å²) in [6.07, 6.45) is 1.52. The van der Waals surface area contributed by atoms with E-state index in [-0.39, 0.29) is 5.82 Å². The smallest absolute Gasteiger partial charge is 0.125 e. The first-order valence-corrected chi connectivity index (χ1v) is 5.65. The SMILES string of the molecule is Fc1cc(Br)c2ncc(Cl)c(Br)c2c1.